The number of rotatable bonds is 3. The average Bonchev–Trinajstić information content (AvgIpc) is 2.32. The van der Waals surface area contributed by atoms with E-state index in [1.165, 1.54) is 0 Å². The van der Waals surface area contributed by atoms with Crippen molar-refractivity contribution in [3.8, 4) is 0 Å². The average molecular weight is 296 g/mol. The van der Waals surface area contributed by atoms with Gasteiger partial charge in [0.2, 0.25) is 0 Å². The Balaban J connectivity index is 2.51. The molecule has 2 rings (SSSR count). The van der Waals surface area contributed by atoms with Crippen molar-refractivity contribution in [2.24, 2.45) is 0 Å². The van der Waals surface area contributed by atoms with Crippen LogP contribution in [0.3, 0.4) is 0 Å². The standard InChI is InChI=1S/C12H14BrN3O/c1-8(14-2)6-16-7-15-11-5-9(13)3-4-10(11)12(16)17/h3-5,7-8,14H,6H2,1-2H3. The number of nitrogens with one attached hydrogen (secondary N) is 1. The molecular formula is C12H14BrN3O. The molecule has 90 valence electrons. The van der Waals surface area contributed by atoms with Crippen molar-refractivity contribution < 1.29 is 0 Å². The summed E-state index contributed by atoms with van der Waals surface area (Å²) in [6.07, 6.45) is 1.60. The van der Waals surface area contributed by atoms with Crippen LogP contribution in [0.5, 0.6) is 0 Å². The number of fused-ring (bicyclic) bond motifs is 1. The van der Waals surface area contributed by atoms with Gasteiger partial charge in [-0.1, -0.05) is 15.9 Å². The molecule has 0 saturated carbocycles. The Kier molecular flexibility index (Phi) is 3.59. The second kappa shape index (κ2) is 4.98. The lowest BCUT2D eigenvalue weighted by Crippen LogP contribution is -2.32. The molecule has 0 aliphatic rings. The molecule has 1 N–H and O–H groups in total. The van der Waals surface area contributed by atoms with Crippen molar-refractivity contribution in [2.75, 3.05) is 7.05 Å². The fourth-order valence-electron chi connectivity index (χ4n) is 1.65. The van der Waals surface area contributed by atoms with Gasteiger partial charge in [-0.25, -0.2) is 4.98 Å². The first-order valence-electron chi connectivity index (χ1n) is 5.44. The molecule has 1 atom stereocenters. The highest BCUT2D eigenvalue weighted by Crippen LogP contribution is 2.14. The zero-order chi connectivity index (χ0) is 12.4. The quantitative estimate of drug-likeness (QED) is 0.939. The minimum absolute atomic E-state index is 0.00426. The predicted octanol–water partition coefficient (Wildman–Crippen LogP) is 1.77. The van der Waals surface area contributed by atoms with Gasteiger partial charge in [-0.3, -0.25) is 9.36 Å². The maximum Gasteiger partial charge on any atom is 0.261 e. The number of likely N-dealkylation sites (N-methyl/N-ethyl adjacent to an activating group) is 1. The highest BCUT2D eigenvalue weighted by Gasteiger charge is 2.06. The van der Waals surface area contributed by atoms with Crippen LogP contribution in [-0.2, 0) is 6.54 Å². The van der Waals surface area contributed by atoms with Gasteiger partial charge in [-0.15, -0.1) is 0 Å². The van der Waals surface area contributed by atoms with Gasteiger partial charge >= 0.3 is 0 Å². The lowest BCUT2D eigenvalue weighted by Gasteiger charge is -2.12. The van der Waals surface area contributed by atoms with Crippen LogP contribution in [0.4, 0.5) is 0 Å². The summed E-state index contributed by atoms with van der Waals surface area (Å²) in [5, 5.41) is 3.75. The van der Waals surface area contributed by atoms with Gasteiger partial charge in [-0.05, 0) is 32.2 Å². The number of hydrogen-bond acceptors (Lipinski definition) is 3. The highest BCUT2D eigenvalue weighted by atomic mass is 79.9. The minimum Gasteiger partial charge on any atom is -0.315 e. The molecule has 1 aromatic carbocycles. The third-order valence-corrected chi connectivity index (χ3v) is 3.24. The summed E-state index contributed by atoms with van der Waals surface area (Å²) in [4.78, 5) is 16.5. The molecule has 1 unspecified atom stereocenters. The van der Waals surface area contributed by atoms with Gasteiger partial charge in [0.1, 0.15) is 0 Å². The second-order valence-electron chi connectivity index (χ2n) is 4.05. The number of aromatic nitrogens is 2. The van der Waals surface area contributed by atoms with Gasteiger partial charge in [-0.2, -0.15) is 0 Å². The Bertz CT molecular complexity index is 594. The van der Waals surface area contributed by atoms with E-state index >= 15 is 0 Å². The van der Waals surface area contributed by atoms with Crippen LogP contribution in [-0.4, -0.2) is 22.6 Å². The topological polar surface area (TPSA) is 46.9 Å². The fraction of sp³-hybridized carbons (Fsp3) is 0.333. The zero-order valence-electron chi connectivity index (χ0n) is 9.77. The van der Waals surface area contributed by atoms with Gasteiger partial charge in [0.25, 0.3) is 5.56 Å². The molecule has 0 fully saturated rings. The maximum absolute atomic E-state index is 12.2. The summed E-state index contributed by atoms with van der Waals surface area (Å²) in [6.45, 7) is 2.65. The van der Waals surface area contributed by atoms with E-state index in [0.717, 1.165) is 9.99 Å². The smallest absolute Gasteiger partial charge is 0.261 e. The molecule has 1 heterocycles. The lowest BCUT2D eigenvalue weighted by molar-refractivity contribution is 0.503. The Labute approximate surface area is 108 Å². The molecule has 0 spiro atoms. The number of hydrogen-bond donors (Lipinski definition) is 1. The van der Waals surface area contributed by atoms with E-state index in [9.17, 15) is 4.79 Å². The van der Waals surface area contributed by atoms with Crippen LogP contribution >= 0.6 is 15.9 Å². The Morgan fingerprint density at radius 3 is 3.00 bits per heavy atom. The van der Waals surface area contributed by atoms with Crippen LogP contribution < -0.4 is 10.9 Å². The van der Waals surface area contributed by atoms with Crippen molar-refractivity contribution in [3.05, 3.63) is 39.4 Å². The third-order valence-electron chi connectivity index (χ3n) is 2.75. The monoisotopic (exact) mass is 295 g/mol. The van der Waals surface area contributed by atoms with Crippen molar-refractivity contribution in [2.45, 2.75) is 19.5 Å². The molecule has 17 heavy (non-hydrogen) atoms. The van der Waals surface area contributed by atoms with Crippen LogP contribution in [0, 0.1) is 0 Å². The van der Waals surface area contributed by atoms with Gasteiger partial charge < -0.3 is 5.32 Å². The van der Waals surface area contributed by atoms with Crippen molar-refractivity contribution in [3.63, 3.8) is 0 Å². The van der Waals surface area contributed by atoms with E-state index < -0.39 is 0 Å². The van der Waals surface area contributed by atoms with Crippen LogP contribution in [0.15, 0.2) is 33.8 Å². The summed E-state index contributed by atoms with van der Waals surface area (Å²) in [5.41, 5.74) is 0.724. The number of halogens is 1. The maximum atomic E-state index is 12.2. The molecule has 1 aromatic heterocycles. The molecule has 0 saturated heterocycles. The SMILES string of the molecule is CNC(C)Cn1cnc2cc(Br)ccc2c1=O. The summed E-state index contributed by atoms with van der Waals surface area (Å²) >= 11 is 3.37. The molecule has 5 heteroatoms. The summed E-state index contributed by atoms with van der Waals surface area (Å²) in [6, 6.07) is 5.75. The first-order chi connectivity index (χ1) is 8.11. The highest BCUT2D eigenvalue weighted by molar-refractivity contribution is 9.10. The normalized spacial score (nSPS) is 12.9. The summed E-state index contributed by atoms with van der Waals surface area (Å²) in [7, 11) is 1.88. The summed E-state index contributed by atoms with van der Waals surface area (Å²) < 4.78 is 2.57. The molecule has 0 aliphatic carbocycles. The van der Waals surface area contributed by atoms with Crippen molar-refractivity contribution in [1.29, 1.82) is 0 Å². The molecule has 0 amide bonds. The molecule has 0 aliphatic heterocycles. The molecule has 0 bridgehead atoms. The summed E-state index contributed by atoms with van der Waals surface area (Å²) in [5.74, 6) is 0. The first-order valence-corrected chi connectivity index (χ1v) is 6.23. The van der Waals surface area contributed by atoms with Crippen molar-refractivity contribution in [1.82, 2.24) is 14.9 Å². The molecule has 4 nitrogen and oxygen atoms in total. The number of benzene rings is 1. The largest absolute Gasteiger partial charge is 0.315 e. The second-order valence-corrected chi connectivity index (χ2v) is 4.97. The molecule has 0 radical (unpaired) electrons. The van der Waals surface area contributed by atoms with E-state index in [2.05, 4.69) is 26.2 Å². The van der Waals surface area contributed by atoms with E-state index in [1.807, 2.05) is 26.1 Å². The Morgan fingerprint density at radius 1 is 1.53 bits per heavy atom. The zero-order valence-corrected chi connectivity index (χ0v) is 11.4. The third kappa shape index (κ3) is 2.56. The van der Waals surface area contributed by atoms with Crippen LogP contribution in [0.1, 0.15) is 6.92 Å². The molecule has 2 aromatic rings. The van der Waals surface area contributed by atoms with E-state index in [1.54, 1.807) is 17.0 Å². The Morgan fingerprint density at radius 2 is 2.29 bits per heavy atom. The van der Waals surface area contributed by atoms with Crippen LogP contribution in [0.2, 0.25) is 0 Å². The van der Waals surface area contributed by atoms with Gasteiger partial charge in [0, 0.05) is 17.1 Å². The van der Waals surface area contributed by atoms with Crippen LogP contribution in [0.25, 0.3) is 10.9 Å². The number of nitrogens with zero attached hydrogens (tertiary/aromatic N) is 2. The lowest BCUT2D eigenvalue weighted by atomic mass is 10.2. The Hall–Kier alpha value is -1.20. The van der Waals surface area contributed by atoms with Gasteiger partial charge in [0.05, 0.1) is 17.2 Å². The van der Waals surface area contributed by atoms with Gasteiger partial charge in [0.15, 0.2) is 0 Å². The van der Waals surface area contributed by atoms with Crippen molar-refractivity contribution >= 4 is 26.8 Å². The predicted molar refractivity (Wildman–Crippen MR) is 72.2 cm³/mol. The first kappa shape index (κ1) is 12.3. The molecular weight excluding hydrogens is 282 g/mol. The van der Waals surface area contributed by atoms with E-state index in [-0.39, 0.29) is 11.6 Å². The fourth-order valence-corrected chi connectivity index (χ4v) is 2.00. The van der Waals surface area contributed by atoms with E-state index in [4.69, 9.17) is 0 Å². The van der Waals surface area contributed by atoms with E-state index in [0.29, 0.717) is 11.9 Å². The minimum atomic E-state index is 0.00426.